The van der Waals surface area contributed by atoms with Gasteiger partial charge in [0.25, 0.3) is 11.8 Å². The van der Waals surface area contributed by atoms with Crippen LogP contribution in [0.4, 0.5) is 10.1 Å². The van der Waals surface area contributed by atoms with Crippen LogP contribution in [-0.2, 0) is 0 Å². The number of benzene rings is 2. The lowest BCUT2D eigenvalue weighted by molar-refractivity contribution is 0.0654. The third-order valence-corrected chi connectivity index (χ3v) is 3.59. The minimum absolute atomic E-state index is 0.244. The van der Waals surface area contributed by atoms with Crippen molar-refractivity contribution in [3.63, 3.8) is 0 Å². The van der Waals surface area contributed by atoms with Crippen molar-refractivity contribution in [2.45, 2.75) is 6.42 Å². The van der Waals surface area contributed by atoms with Crippen molar-refractivity contribution >= 4 is 17.5 Å². The molecule has 0 saturated heterocycles. The Morgan fingerprint density at radius 2 is 1.64 bits per heavy atom. The van der Waals surface area contributed by atoms with Gasteiger partial charge in [-0.05, 0) is 36.8 Å². The summed E-state index contributed by atoms with van der Waals surface area (Å²) in [6, 6.07) is 13.0. The van der Waals surface area contributed by atoms with Gasteiger partial charge >= 0.3 is 0 Å². The van der Waals surface area contributed by atoms with Crippen molar-refractivity contribution in [3.8, 4) is 0 Å². The Hall–Kier alpha value is -2.69. The average molecular weight is 298 g/mol. The number of imide groups is 1. The van der Waals surface area contributed by atoms with Gasteiger partial charge in [-0.2, -0.15) is 0 Å². The summed E-state index contributed by atoms with van der Waals surface area (Å²) in [4.78, 5) is 25.6. The first-order valence-electron chi connectivity index (χ1n) is 7.11. The molecule has 2 amide bonds. The van der Waals surface area contributed by atoms with Gasteiger partial charge in [0.2, 0.25) is 0 Å². The second-order valence-electron chi connectivity index (χ2n) is 5.10. The van der Waals surface area contributed by atoms with E-state index in [2.05, 4.69) is 5.32 Å². The Balaban J connectivity index is 1.55. The first-order valence-corrected chi connectivity index (χ1v) is 7.11. The number of halogens is 1. The third kappa shape index (κ3) is 2.70. The van der Waals surface area contributed by atoms with E-state index in [4.69, 9.17) is 0 Å². The summed E-state index contributed by atoms with van der Waals surface area (Å²) in [6.07, 6.45) is 0.599. The second-order valence-corrected chi connectivity index (χ2v) is 5.10. The van der Waals surface area contributed by atoms with Crippen LogP contribution in [0.5, 0.6) is 0 Å². The van der Waals surface area contributed by atoms with Crippen LogP contribution in [0.25, 0.3) is 0 Å². The number of carbonyl (C=O) groups excluding carboxylic acids is 2. The van der Waals surface area contributed by atoms with Crippen LogP contribution < -0.4 is 5.32 Å². The lowest BCUT2D eigenvalue weighted by Crippen LogP contribution is -2.31. The third-order valence-electron chi connectivity index (χ3n) is 3.59. The smallest absolute Gasteiger partial charge is 0.261 e. The summed E-state index contributed by atoms with van der Waals surface area (Å²) in [5.74, 6) is -0.789. The van der Waals surface area contributed by atoms with Crippen LogP contribution in [0, 0.1) is 5.82 Å². The zero-order valence-electron chi connectivity index (χ0n) is 11.9. The van der Waals surface area contributed by atoms with Crippen LogP contribution in [0.2, 0.25) is 0 Å². The largest absolute Gasteiger partial charge is 0.385 e. The number of carbonyl (C=O) groups is 2. The van der Waals surface area contributed by atoms with E-state index < -0.39 is 0 Å². The quantitative estimate of drug-likeness (QED) is 0.682. The maximum absolute atomic E-state index is 13.0. The molecule has 0 bridgehead atoms. The van der Waals surface area contributed by atoms with E-state index in [-0.39, 0.29) is 17.6 Å². The van der Waals surface area contributed by atoms with Crippen LogP contribution in [-0.4, -0.2) is 29.8 Å². The fourth-order valence-corrected chi connectivity index (χ4v) is 2.51. The number of nitrogens with one attached hydrogen (secondary N) is 1. The normalized spacial score (nSPS) is 13.4. The summed E-state index contributed by atoms with van der Waals surface area (Å²) in [6.45, 7) is 0.894. The molecule has 0 aliphatic carbocycles. The van der Waals surface area contributed by atoms with Gasteiger partial charge in [-0.1, -0.05) is 18.2 Å². The molecular weight excluding hydrogens is 283 g/mol. The molecule has 1 aliphatic rings. The number of fused-ring (bicyclic) bond motifs is 1. The van der Waals surface area contributed by atoms with Crippen LogP contribution >= 0.6 is 0 Å². The summed E-state index contributed by atoms with van der Waals surface area (Å²) in [7, 11) is 0. The van der Waals surface area contributed by atoms with E-state index in [1.807, 2.05) is 0 Å². The lowest BCUT2D eigenvalue weighted by Gasteiger charge is -2.14. The van der Waals surface area contributed by atoms with Gasteiger partial charge in [-0.15, -0.1) is 0 Å². The molecule has 1 N–H and O–H groups in total. The van der Waals surface area contributed by atoms with Gasteiger partial charge in [0.15, 0.2) is 0 Å². The molecule has 0 atom stereocenters. The summed E-state index contributed by atoms with van der Waals surface area (Å²) < 4.78 is 13.0. The van der Waals surface area contributed by atoms with Gasteiger partial charge in [0, 0.05) is 18.8 Å². The molecule has 22 heavy (non-hydrogen) atoms. The Morgan fingerprint density at radius 3 is 2.27 bits per heavy atom. The molecule has 1 aliphatic heterocycles. The molecule has 3 rings (SSSR count). The number of rotatable bonds is 5. The highest BCUT2D eigenvalue weighted by Gasteiger charge is 2.34. The van der Waals surface area contributed by atoms with Crippen molar-refractivity contribution in [2.75, 3.05) is 18.4 Å². The SMILES string of the molecule is O=C1c2ccccc2C(=O)N1CCCNc1cccc(F)c1. The Kier molecular flexibility index (Phi) is 3.87. The Bertz CT molecular complexity index is 695. The zero-order valence-corrected chi connectivity index (χ0v) is 11.9. The summed E-state index contributed by atoms with van der Waals surface area (Å²) in [5, 5.41) is 3.07. The Labute approximate surface area is 127 Å². The molecule has 0 unspecified atom stereocenters. The molecule has 2 aromatic carbocycles. The molecule has 1 heterocycles. The molecule has 2 aromatic rings. The van der Waals surface area contributed by atoms with Crippen LogP contribution in [0.15, 0.2) is 48.5 Å². The van der Waals surface area contributed by atoms with Gasteiger partial charge in [-0.3, -0.25) is 14.5 Å². The van der Waals surface area contributed by atoms with Gasteiger partial charge in [0.05, 0.1) is 11.1 Å². The van der Waals surface area contributed by atoms with Crippen molar-refractivity contribution < 1.29 is 14.0 Å². The predicted molar refractivity (Wildman–Crippen MR) is 81.3 cm³/mol. The standard InChI is InChI=1S/C17H15FN2O2/c18-12-5-3-6-13(11-12)19-9-4-10-20-16(21)14-7-1-2-8-15(14)17(20)22/h1-3,5-8,11,19H,4,9-10H2. The van der Waals surface area contributed by atoms with E-state index in [0.29, 0.717) is 36.3 Å². The molecule has 0 saturated carbocycles. The van der Waals surface area contributed by atoms with Crippen molar-refractivity contribution in [2.24, 2.45) is 0 Å². The maximum Gasteiger partial charge on any atom is 0.261 e. The van der Waals surface area contributed by atoms with E-state index in [1.165, 1.54) is 17.0 Å². The molecule has 0 aromatic heterocycles. The van der Waals surface area contributed by atoms with E-state index in [9.17, 15) is 14.0 Å². The van der Waals surface area contributed by atoms with E-state index in [1.54, 1.807) is 36.4 Å². The summed E-state index contributed by atoms with van der Waals surface area (Å²) in [5.41, 5.74) is 1.61. The fourth-order valence-electron chi connectivity index (χ4n) is 2.51. The molecule has 5 heteroatoms. The highest BCUT2D eigenvalue weighted by Crippen LogP contribution is 2.22. The van der Waals surface area contributed by atoms with Crippen molar-refractivity contribution in [1.29, 1.82) is 0 Å². The molecule has 0 radical (unpaired) electrons. The highest BCUT2D eigenvalue weighted by atomic mass is 19.1. The second kappa shape index (κ2) is 5.97. The molecule has 4 nitrogen and oxygen atoms in total. The van der Waals surface area contributed by atoms with Crippen LogP contribution in [0.1, 0.15) is 27.1 Å². The average Bonchev–Trinajstić information content (AvgIpc) is 2.77. The zero-order chi connectivity index (χ0) is 15.5. The predicted octanol–water partition coefficient (Wildman–Crippen LogP) is 2.92. The van der Waals surface area contributed by atoms with Crippen molar-refractivity contribution in [1.82, 2.24) is 4.90 Å². The van der Waals surface area contributed by atoms with Gasteiger partial charge in [-0.25, -0.2) is 4.39 Å². The maximum atomic E-state index is 13.0. The van der Waals surface area contributed by atoms with Gasteiger partial charge in [0.1, 0.15) is 5.82 Å². The number of anilines is 1. The lowest BCUT2D eigenvalue weighted by atomic mass is 10.1. The number of amides is 2. The topological polar surface area (TPSA) is 49.4 Å². The first-order chi connectivity index (χ1) is 10.7. The molecule has 0 spiro atoms. The van der Waals surface area contributed by atoms with Gasteiger partial charge < -0.3 is 5.32 Å². The number of nitrogens with zero attached hydrogens (tertiary/aromatic N) is 1. The van der Waals surface area contributed by atoms with E-state index in [0.717, 1.165) is 0 Å². The Morgan fingerprint density at radius 1 is 0.955 bits per heavy atom. The summed E-state index contributed by atoms with van der Waals surface area (Å²) >= 11 is 0. The monoisotopic (exact) mass is 298 g/mol. The van der Waals surface area contributed by atoms with Crippen LogP contribution in [0.3, 0.4) is 0 Å². The number of hydrogen-bond acceptors (Lipinski definition) is 3. The van der Waals surface area contributed by atoms with E-state index >= 15 is 0 Å². The number of hydrogen-bond donors (Lipinski definition) is 1. The molecule has 0 fully saturated rings. The fraction of sp³-hybridized carbons (Fsp3) is 0.176. The minimum Gasteiger partial charge on any atom is -0.385 e. The highest BCUT2D eigenvalue weighted by molar-refractivity contribution is 6.21. The molecular formula is C17H15FN2O2. The minimum atomic E-state index is -0.301. The van der Waals surface area contributed by atoms with Crippen molar-refractivity contribution in [3.05, 3.63) is 65.5 Å². The first kappa shape index (κ1) is 14.3. The molecule has 112 valence electrons.